The van der Waals surface area contributed by atoms with E-state index in [0.717, 1.165) is 4.47 Å². The van der Waals surface area contributed by atoms with Crippen molar-refractivity contribution in [2.75, 3.05) is 11.1 Å². The molecule has 2 rings (SSSR count). The molecule has 4 N–H and O–H groups in total. The Hall–Kier alpha value is -2.08. The summed E-state index contributed by atoms with van der Waals surface area (Å²) in [5, 5.41) is 11.9. The lowest BCUT2D eigenvalue weighted by Crippen LogP contribution is -2.14. The highest BCUT2D eigenvalue weighted by molar-refractivity contribution is 9.10. The quantitative estimate of drug-likeness (QED) is 0.587. The van der Waals surface area contributed by atoms with Crippen molar-refractivity contribution in [2.45, 2.75) is 0 Å². The zero-order valence-corrected chi connectivity index (χ0v) is 10.8. The third-order valence-corrected chi connectivity index (χ3v) is 2.72. The number of pyridine rings is 1. The van der Waals surface area contributed by atoms with E-state index < -0.39 is 5.91 Å². The van der Waals surface area contributed by atoms with Crippen LogP contribution in [0.3, 0.4) is 0 Å². The van der Waals surface area contributed by atoms with Crippen LogP contribution in [-0.4, -0.2) is 16.0 Å². The molecule has 0 aliphatic rings. The normalized spacial score (nSPS) is 10.1. The van der Waals surface area contributed by atoms with Crippen LogP contribution in [0.2, 0.25) is 0 Å². The average molecular weight is 308 g/mol. The fourth-order valence-electron chi connectivity index (χ4n) is 1.37. The number of aromatic nitrogens is 1. The molecule has 0 saturated heterocycles. The number of nitrogen functional groups attached to an aromatic ring is 1. The van der Waals surface area contributed by atoms with Crippen molar-refractivity contribution in [3.8, 4) is 5.75 Å². The van der Waals surface area contributed by atoms with Crippen LogP contribution in [0.15, 0.2) is 41.0 Å². The Morgan fingerprint density at radius 1 is 1.33 bits per heavy atom. The summed E-state index contributed by atoms with van der Waals surface area (Å²) in [7, 11) is 0. The lowest BCUT2D eigenvalue weighted by molar-refractivity contribution is 0.102. The zero-order chi connectivity index (χ0) is 13.1. The van der Waals surface area contributed by atoms with Gasteiger partial charge in [-0.2, -0.15) is 0 Å². The molecule has 1 heterocycles. The van der Waals surface area contributed by atoms with Gasteiger partial charge in [-0.25, -0.2) is 4.98 Å². The summed E-state index contributed by atoms with van der Waals surface area (Å²) in [6, 6.07) is 7.61. The minimum absolute atomic E-state index is 0.0156. The van der Waals surface area contributed by atoms with Crippen molar-refractivity contribution < 1.29 is 9.90 Å². The molecule has 2 aromatic rings. The molecule has 0 aliphatic heterocycles. The van der Waals surface area contributed by atoms with E-state index in [0.29, 0.717) is 11.5 Å². The van der Waals surface area contributed by atoms with Gasteiger partial charge in [-0.3, -0.25) is 4.79 Å². The smallest absolute Gasteiger partial charge is 0.259 e. The molecule has 0 fully saturated rings. The predicted octanol–water partition coefficient (Wildman–Crippen LogP) is 2.38. The third kappa shape index (κ3) is 2.78. The van der Waals surface area contributed by atoms with Gasteiger partial charge in [0, 0.05) is 16.4 Å². The maximum atomic E-state index is 11.9. The highest BCUT2D eigenvalue weighted by Crippen LogP contribution is 2.19. The Kier molecular flexibility index (Phi) is 3.47. The first-order chi connectivity index (χ1) is 8.56. The standard InChI is InChI=1S/C12H10BrN3O2/c13-7-1-4-11(15-6-7)16-12(18)9-5-8(17)2-3-10(9)14/h1-6,17H,14H2,(H,15,16,18). The number of benzene rings is 1. The number of halogens is 1. The van der Waals surface area contributed by atoms with E-state index in [4.69, 9.17) is 5.73 Å². The molecule has 0 spiro atoms. The number of amides is 1. The molecule has 0 atom stereocenters. The largest absolute Gasteiger partial charge is 0.508 e. The molecule has 1 amide bonds. The third-order valence-electron chi connectivity index (χ3n) is 2.25. The zero-order valence-electron chi connectivity index (χ0n) is 9.22. The minimum atomic E-state index is -0.418. The molecule has 0 aliphatic carbocycles. The number of nitrogens with zero attached hydrogens (tertiary/aromatic N) is 1. The van der Waals surface area contributed by atoms with Gasteiger partial charge in [-0.1, -0.05) is 0 Å². The molecule has 0 unspecified atom stereocenters. The Morgan fingerprint density at radius 3 is 2.78 bits per heavy atom. The molecule has 18 heavy (non-hydrogen) atoms. The number of anilines is 2. The maximum Gasteiger partial charge on any atom is 0.259 e. The summed E-state index contributed by atoms with van der Waals surface area (Å²) < 4.78 is 0.817. The number of hydrogen-bond donors (Lipinski definition) is 3. The first-order valence-electron chi connectivity index (χ1n) is 5.07. The fourth-order valence-corrected chi connectivity index (χ4v) is 1.61. The van der Waals surface area contributed by atoms with Crippen molar-refractivity contribution in [1.29, 1.82) is 0 Å². The van der Waals surface area contributed by atoms with E-state index in [-0.39, 0.29) is 11.3 Å². The second-order valence-corrected chi connectivity index (χ2v) is 4.50. The number of carbonyl (C=O) groups excluding carboxylic acids is 1. The van der Waals surface area contributed by atoms with Gasteiger partial charge in [-0.05, 0) is 46.3 Å². The number of rotatable bonds is 2. The molecule has 1 aromatic heterocycles. The van der Waals surface area contributed by atoms with Crippen LogP contribution in [0.4, 0.5) is 11.5 Å². The number of nitrogens with two attached hydrogens (primary N) is 1. The minimum Gasteiger partial charge on any atom is -0.508 e. The summed E-state index contributed by atoms with van der Waals surface area (Å²) in [5.74, 6) is -0.0257. The maximum absolute atomic E-state index is 11.9. The first kappa shape index (κ1) is 12.4. The van der Waals surface area contributed by atoms with E-state index >= 15 is 0 Å². The van der Waals surface area contributed by atoms with Crippen molar-refractivity contribution >= 4 is 33.3 Å². The van der Waals surface area contributed by atoms with Crippen molar-refractivity contribution in [3.63, 3.8) is 0 Å². The van der Waals surface area contributed by atoms with Gasteiger partial charge in [0.1, 0.15) is 11.6 Å². The highest BCUT2D eigenvalue weighted by atomic mass is 79.9. The molecule has 0 radical (unpaired) electrons. The average Bonchev–Trinajstić information content (AvgIpc) is 2.35. The molecule has 5 nitrogen and oxygen atoms in total. The highest BCUT2D eigenvalue weighted by Gasteiger charge is 2.11. The topological polar surface area (TPSA) is 88.2 Å². The lowest BCUT2D eigenvalue weighted by atomic mass is 10.1. The van der Waals surface area contributed by atoms with Crippen molar-refractivity contribution in [3.05, 3.63) is 46.6 Å². The summed E-state index contributed by atoms with van der Waals surface area (Å²) in [4.78, 5) is 15.9. The van der Waals surface area contributed by atoms with Crippen LogP contribution in [0.25, 0.3) is 0 Å². The number of aromatic hydroxyl groups is 1. The van der Waals surface area contributed by atoms with Crippen molar-refractivity contribution in [2.24, 2.45) is 0 Å². The van der Waals surface area contributed by atoms with Gasteiger partial charge >= 0.3 is 0 Å². The van der Waals surface area contributed by atoms with Crippen molar-refractivity contribution in [1.82, 2.24) is 4.98 Å². The number of phenols is 1. The Bertz CT molecular complexity index is 584. The molecule has 1 aromatic carbocycles. The predicted molar refractivity (Wildman–Crippen MR) is 72.4 cm³/mol. The van der Waals surface area contributed by atoms with Crippen LogP contribution < -0.4 is 11.1 Å². The molecule has 92 valence electrons. The van der Waals surface area contributed by atoms with Gasteiger partial charge in [-0.15, -0.1) is 0 Å². The SMILES string of the molecule is Nc1ccc(O)cc1C(=O)Nc1ccc(Br)cn1. The second-order valence-electron chi connectivity index (χ2n) is 3.59. The van der Waals surface area contributed by atoms with Crippen LogP contribution in [0.5, 0.6) is 5.75 Å². The summed E-state index contributed by atoms with van der Waals surface area (Å²) in [5.41, 5.74) is 6.17. The monoisotopic (exact) mass is 307 g/mol. The van der Waals surface area contributed by atoms with Crippen LogP contribution in [0, 0.1) is 0 Å². The number of nitrogens with one attached hydrogen (secondary N) is 1. The Morgan fingerprint density at radius 2 is 2.11 bits per heavy atom. The van der Waals surface area contributed by atoms with E-state index in [9.17, 15) is 9.90 Å². The van der Waals surface area contributed by atoms with Gasteiger partial charge < -0.3 is 16.2 Å². The van der Waals surface area contributed by atoms with Gasteiger partial charge in [0.2, 0.25) is 0 Å². The lowest BCUT2D eigenvalue weighted by Gasteiger charge is -2.07. The van der Waals surface area contributed by atoms with Crippen LogP contribution >= 0.6 is 15.9 Å². The molecule has 0 bridgehead atoms. The van der Waals surface area contributed by atoms with E-state index in [1.165, 1.54) is 18.2 Å². The number of hydrogen-bond acceptors (Lipinski definition) is 4. The Balaban J connectivity index is 2.21. The fraction of sp³-hybridized carbons (Fsp3) is 0. The number of carbonyl (C=O) groups is 1. The second kappa shape index (κ2) is 5.05. The Labute approximate surface area is 112 Å². The molecule has 0 saturated carbocycles. The first-order valence-corrected chi connectivity index (χ1v) is 5.87. The van der Waals surface area contributed by atoms with Gasteiger partial charge in [0.05, 0.1) is 5.56 Å². The van der Waals surface area contributed by atoms with Gasteiger partial charge in [0.15, 0.2) is 0 Å². The van der Waals surface area contributed by atoms with E-state index in [1.807, 2.05) is 0 Å². The molecular formula is C12H10BrN3O2. The summed E-state index contributed by atoms with van der Waals surface area (Å²) >= 11 is 3.25. The number of phenolic OH excluding ortho intramolecular Hbond substituents is 1. The molecular weight excluding hydrogens is 298 g/mol. The van der Waals surface area contributed by atoms with E-state index in [1.54, 1.807) is 18.3 Å². The van der Waals surface area contributed by atoms with Crippen LogP contribution in [-0.2, 0) is 0 Å². The van der Waals surface area contributed by atoms with Crippen LogP contribution in [0.1, 0.15) is 10.4 Å². The van der Waals surface area contributed by atoms with E-state index in [2.05, 4.69) is 26.2 Å². The summed E-state index contributed by atoms with van der Waals surface area (Å²) in [6.45, 7) is 0. The summed E-state index contributed by atoms with van der Waals surface area (Å²) in [6.07, 6.45) is 1.57. The van der Waals surface area contributed by atoms with Gasteiger partial charge in [0.25, 0.3) is 5.91 Å². The molecule has 6 heteroatoms.